The highest BCUT2D eigenvalue weighted by molar-refractivity contribution is 5.86. The van der Waals surface area contributed by atoms with E-state index >= 15 is 0 Å². The van der Waals surface area contributed by atoms with Crippen molar-refractivity contribution in [1.29, 1.82) is 0 Å². The van der Waals surface area contributed by atoms with Crippen LogP contribution in [0.1, 0.15) is 59.0 Å². The van der Waals surface area contributed by atoms with Crippen molar-refractivity contribution < 1.29 is 17.9 Å². The van der Waals surface area contributed by atoms with E-state index in [1.54, 1.807) is 6.20 Å². The molecule has 0 aliphatic carbocycles. The van der Waals surface area contributed by atoms with Crippen molar-refractivity contribution in [3.05, 3.63) is 70.8 Å². The molecular formula is C25H23F3N6O. The molecule has 5 heterocycles. The van der Waals surface area contributed by atoms with Gasteiger partial charge in [0.1, 0.15) is 22.7 Å². The number of ether oxygens (including phenoxy) is 1. The average Bonchev–Trinajstić information content (AvgIpc) is 2.84. The lowest BCUT2D eigenvalue weighted by Gasteiger charge is -2.29. The molecule has 0 spiro atoms. The normalized spacial score (nSPS) is 18.7. The van der Waals surface area contributed by atoms with Crippen LogP contribution in [0.4, 0.5) is 13.2 Å². The van der Waals surface area contributed by atoms with E-state index in [2.05, 4.69) is 19.9 Å². The van der Waals surface area contributed by atoms with E-state index in [0.717, 1.165) is 29.4 Å². The molecule has 5 rings (SSSR count). The van der Waals surface area contributed by atoms with Gasteiger partial charge in [-0.1, -0.05) is 0 Å². The van der Waals surface area contributed by atoms with E-state index < -0.39 is 11.9 Å². The molecule has 1 saturated heterocycles. The van der Waals surface area contributed by atoms with Crippen LogP contribution in [0.5, 0.6) is 0 Å². The molecule has 2 atom stereocenters. The predicted octanol–water partition coefficient (Wildman–Crippen LogP) is 5.46. The number of hydrogen-bond acceptors (Lipinski definition) is 7. The fraction of sp³-hybridized carbons (Fsp3) is 0.360. The zero-order valence-electron chi connectivity index (χ0n) is 19.5. The topological polar surface area (TPSA) is 86.6 Å². The Morgan fingerprint density at radius 2 is 1.74 bits per heavy atom. The summed E-state index contributed by atoms with van der Waals surface area (Å²) in [7, 11) is 0. The van der Waals surface area contributed by atoms with E-state index in [1.807, 2.05) is 32.9 Å². The molecule has 180 valence electrons. The fourth-order valence-corrected chi connectivity index (χ4v) is 4.25. The number of nitrogens with zero attached hydrogens (tertiary/aromatic N) is 6. The van der Waals surface area contributed by atoms with Gasteiger partial charge in [0.15, 0.2) is 5.65 Å². The molecule has 0 unspecified atom stereocenters. The molecule has 1 aliphatic heterocycles. The standard InChI is InChI=1S/C25H23F3N6O/c1-13-10-16(6-8-29-13)19-11-17(7-9-35-19)23-33-21(18-4-5-20(30-12-18)25(26,27)28)22-24(34-23)32-15(3)14(2)31-22/h4-6,8,10,12,17,19H,7,9,11H2,1-3H3/t17-,19-/m1/s1. The first-order valence-corrected chi connectivity index (χ1v) is 11.3. The van der Waals surface area contributed by atoms with Crippen LogP contribution in [0.3, 0.4) is 0 Å². The van der Waals surface area contributed by atoms with Gasteiger partial charge >= 0.3 is 6.18 Å². The minimum absolute atomic E-state index is 0.0174. The van der Waals surface area contributed by atoms with Crippen molar-refractivity contribution in [3.63, 3.8) is 0 Å². The van der Waals surface area contributed by atoms with Crippen molar-refractivity contribution in [2.45, 2.75) is 51.8 Å². The third-order valence-corrected chi connectivity index (χ3v) is 6.23. The van der Waals surface area contributed by atoms with Crippen LogP contribution in [0.15, 0.2) is 36.7 Å². The highest BCUT2D eigenvalue weighted by Gasteiger charge is 2.32. The van der Waals surface area contributed by atoms with E-state index in [9.17, 15) is 13.2 Å². The molecule has 0 amide bonds. The Morgan fingerprint density at radius 3 is 2.46 bits per heavy atom. The lowest BCUT2D eigenvalue weighted by molar-refractivity contribution is -0.141. The molecule has 0 radical (unpaired) electrons. The van der Waals surface area contributed by atoms with Gasteiger partial charge in [0.25, 0.3) is 0 Å². The van der Waals surface area contributed by atoms with Gasteiger partial charge in [-0.05, 0) is 63.4 Å². The maximum atomic E-state index is 13.1. The van der Waals surface area contributed by atoms with Gasteiger partial charge in [-0.25, -0.2) is 19.9 Å². The summed E-state index contributed by atoms with van der Waals surface area (Å²) in [6.07, 6.45) is -0.324. The molecule has 0 bridgehead atoms. The minimum Gasteiger partial charge on any atom is -0.373 e. The Morgan fingerprint density at radius 1 is 0.943 bits per heavy atom. The summed E-state index contributed by atoms with van der Waals surface area (Å²) in [5.41, 5.74) is 4.13. The number of fused-ring (bicyclic) bond motifs is 1. The molecule has 0 N–H and O–H groups in total. The van der Waals surface area contributed by atoms with Gasteiger partial charge in [-0.2, -0.15) is 13.2 Å². The number of halogens is 3. The highest BCUT2D eigenvalue weighted by atomic mass is 19.4. The summed E-state index contributed by atoms with van der Waals surface area (Å²) in [6.45, 7) is 6.14. The molecule has 7 nitrogen and oxygen atoms in total. The SMILES string of the molecule is Cc1cc([C@H]2C[C@H](c3nc(-c4ccc(C(F)(F)F)nc4)c4nc(C)c(C)nc4n3)CCO2)ccn1. The second-order valence-corrected chi connectivity index (χ2v) is 8.74. The Kier molecular flexibility index (Phi) is 5.92. The first kappa shape index (κ1) is 23.2. The van der Waals surface area contributed by atoms with Crippen LogP contribution in [-0.4, -0.2) is 36.5 Å². The maximum Gasteiger partial charge on any atom is 0.433 e. The van der Waals surface area contributed by atoms with Crippen molar-refractivity contribution in [3.8, 4) is 11.3 Å². The average molecular weight is 480 g/mol. The van der Waals surface area contributed by atoms with Crippen LogP contribution in [0.2, 0.25) is 0 Å². The molecule has 4 aromatic heterocycles. The van der Waals surface area contributed by atoms with Gasteiger partial charge in [0.05, 0.1) is 17.5 Å². The lowest BCUT2D eigenvalue weighted by atomic mass is 9.91. The second kappa shape index (κ2) is 8.92. The summed E-state index contributed by atoms with van der Waals surface area (Å²) >= 11 is 0. The molecule has 0 aromatic carbocycles. The van der Waals surface area contributed by atoms with Crippen LogP contribution in [0, 0.1) is 20.8 Å². The van der Waals surface area contributed by atoms with Gasteiger partial charge < -0.3 is 4.74 Å². The largest absolute Gasteiger partial charge is 0.433 e. The van der Waals surface area contributed by atoms with Gasteiger partial charge in [0.2, 0.25) is 0 Å². The molecular weight excluding hydrogens is 457 g/mol. The molecule has 1 aliphatic rings. The monoisotopic (exact) mass is 480 g/mol. The Hall–Kier alpha value is -3.53. The van der Waals surface area contributed by atoms with Crippen molar-refractivity contribution in [1.82, 2.24) is 29.9 Å². The lowest BCUT2D eigenvalue weighted by Crippen LogP contribution is -2.21. The number of aryl methyl sites for hydroxylation is 3. The van der Waals surface area contributed by atoms with Crippen LogP contribution in [-0.2, 0) is 10.9 Å². The number of alkyl halides is 3. The molecule has 0 saturated carbocycles. The number of pyridine rings is 2. The summed E-state index contributed by atoms with van der Waals surface area (Å²) in [4.78, 5) is 26.6. The quantitative estimate of drug-likeness (QED) is 0.385. The fourth-order valence-electron chi connectivity index (χ4n) is 4.25. The zero-order valence-corrected chi connectivity index (χ0v) is 19.5. The smallest absolute Gasteiger partial charge is 0.373 e. The van der Waals surface area contributed by atoms with E-state index in [1.165, 1.54) is 12.3 Å². The zero-order chi connectivity index (χ0) is 24.7. The summed E-state index contributed by atoms with van der Waals surface area (Å²) in [5.74, 6) is 0.556. The van der Waals surface area contributed by atoms with Gasteiger partial charge in [-0.15, -0.1) is 0 Å². The van der Waals surface area contributed by atoms with Gasteiger partial charge in [0, 0.05) is 36.2 Å². The predicted molar refractivity (Wildman–Crippen MR) is 122 cm³/mol. The van der Waals surface area contributed by atoms with Gasteiger partial charge in [-0.3, -0.25) is 9.97 Å². The summed E-state index contributed by atoms with van der Waals surface area (Å²) in [6, 6.07) is 6.27. The maximum absolute atomic E-state index is 13.1. The van der Waals surface area contributed by atoms with Crippen LogP contribution in [0.25, 0.3) is 22.4 Å². The Labute approximate surface area is 199 Å². The van der Waals surface area contributed by atoms with Crippen LogP contribution >= 0.6 is 0 Å². The molecule has 35 heavy (non-hydrogen) atoms. The first-order valence-electron chi connectivity index (χ1n) is 11.3. The number of aromatic nitrogens is 6. The molecule has 1 fully saturated rings. The first-order chi connectivity index (χ1) is 16.7. The van der Waals surface area contributed by atoms with Crippen molar-refractivity contribution >= 4 is 11.2 Å². The molecule has 4 aromatic rings. The highest BCUT2D eigenvalue weighted by Crippen LogP contribution is 2.38. The number of rotatable bonds is 3. The number of hydrogen-bond donors (Lipinski definition) is 0. The Balaban J connectivity index is 1.58. The van der Waals surface area contributed by atoms with Crippen molar-refractivity contribution in [2.24, 2.45) is 0 Å². The van der Waals surface area contributed by atoms with E-state index in [0.29, 0.717) is 47.0 Å². The van der Waals surface area contributed by atoms with E-state index in [4.69, 9.17) is 14.7 Å². The molecule has 10 heteroatoms. The van der Waals surface area contributed by atoms with Crippen LogP contribution < -0.4 is 0 Å². The third kappa shape index (κ3) is 4.70. The summed E-state index contributed by atoms with van der Waals surface area (Å²) < 4.78 is 45.2. The summed E-state index contributed by atoms with van der Waals surface area (Å²) in [5, 5.41) is 0. The Bertz CT molecular complexity index is 1390. The third-order valence-electron chi connectivity index (χ3n) is 6.23. The minimum atomic E-state index is -4.52. The van der Waals surface area contributed by atoms with Crippen molar-refractivity contribution in [2.75, 3.05) is 6.61 Å². The van der Waals surface area contributed by atoms with E-state index in [-0.39, 0.29) is 12.0 Å². The second-order valence-electron chi connectivity index (χ2n) is 8.74.